The van der Waals surface area contributed by atoms with E-state index in [-0.39, 0.29) is 0 Å². The average molecular weight is 263 g/mol. The maximum absolute atomic E-state index is 5.82. The number of H-pyrrole nitrogens is 1. The lowest BCUT2D eigenvalue weighted by Gasteiger charge is -2.04. The van der Waals surface area contributed by atoms with Crippen LogP contribution in [0.4, 0.5) is 5.69 Å². The molecule has 0 spiro atoms. The topological polar surface area (TPSA) is 54.7 Å². The fourth-order valence-corrected chi connectivity index (χ4v) is 2.32. The van der Waals surface area contributed by atoms with Gasteiger partial charge in [0, 0.05) is 16.8 Å². The summed E-state index contributed by atoms with van der Waals surface area (Å²) in [5, 5.41) is 0. The number of nitrogens with zero attached hydrogens (tertiary/aromatic N) is 1. The molecule has 0 fully saturated rings. The molecule has 3 aromatic rings. The zero-order valence-electron chi connectivity index (χ0n) is 11.6. The first kappa shape index (κ1) is 12.5. The van der Waals surface area contributed by atoms with Crippen molar-refractivity contribution in [2.24, 2.45) is 0 Å². The Hall–Kier alpha value is -2.55. The van der Waals surface area contributed by atoms with Crippen molar-refractivity contribution in [3.63, 3.8) is 0 Å². The van der Waals surface area contributed by atoms with Gasteiger partial charge < -0.3 is 10.7 Å². The minimum absolute atomic E-state index is 0.743. The molecule has 3 nitrogen and oxygen atoms in total. The van der Waals surface area contributed by atoms with Crippen LogP contribution in [0.25, 0.3) is 22.6 Å². The number of anilines is 1. The van der Waals surface area contributed by atoms with Gasteiger partial charge in [-0.3, -0.25) is 0 Å². The number of aromatic nitrogens is 2. The summed E-state index contributed by atoms with van der Waals surface area (Å²) >= 11 is 0. The van der Waals surface area contributed by atoms with Crippen LogP contribution in [0, 0.1) is 13.8 Å². The van der Waals surface area contributed by atoms with Gasteiger partial charge in [0.1, 0.15) is 5.82 Å². The van der Waals surface area contributed by atoms with Gasteiger partial charge in [-0.25, -0.2) is 4.98 Å². The van der Waals surface area contributed by atoms with Crippen LogP contribution >= 0.6 is 0 Å². The van der Waals surface area contributed by atoms with Crippen molar-refractivity contribution in [2.75, 3.05) is 5.73 Å². The van der Waals surface area contributed by atoms with Crippen LogP contribution in [0.3, 0.4) is 0 Å². The minimum atomic E-state index is 0.743. The van der Waals surface area contributed by atoms with E-state index >= 15 is 0 Å². The summed E-state index contributed by atoms with van der Waals surface area (Å²) in [6, 6.07) is 14.2. The summed E-state index contributed by atoms with van der Waals surface area (Å²) in [6.45, 7) is 4.20. The van der Waals surface area contributed by atoms with Gasteiger partial charge in [-0.1, -0.05) is 29.8 Å². The molecule has 3 N–H and O–H groups in total. The summed E-state index contributed by atoms with van der Waals surface area (Å²) in [4.78, 5) is 7.84. The van der Waals surface area contributed by atoms with Gasteiger partial charge in [0.05, 0.1) is 11.9 Å². The molecule has 100 valence electrons. The normalized spacial score (nSPS) is 10.7. The Morgan fingerprint density at radius 2 is 1.90 bits per heavy atom. The average Bonchev–Trinajstić information content (AvgIpc) is 2.91. The first-order chi connectivity index (χ1) is 9.63. The second kappa shape index (κ2) is 4.85. The molecule has 0 atom stereocenters. The highest BCUT2D eigenvalue weighted by Gasteiger charge is 2.08. The van der Waals surface area contributed by atoms with Crippen LogP contribution < -0.4 is 5.73 Å². The summed E-state index contributed by atoms with van der Waals surface area (Å²) in [5.74, 6) is 0.841. The van der Waals surface area contributed by atoms with Gasteiger partial charge in [0.2, 0.25) is 0 Å². The Kier molecular flexibility index (Phi) is 3.03. The number of nitrogen functional groups attached to an aromatic ring is 1. The third kappa shape index (κ3) is 2.30. The molecule has 3 rings (SSSR count). The number of rotatable bonds is 2. The lowest BCUT2D eigenvalue weighted by Crippen LogP contribution is -1.87. The van der Waals surface area contributed by atoms with Crippen LogP contribution in [-0.2, 0) is 0 Å². The second-order valence-corrected chi connectivity index (χ2v) is 5.09. The van der Waals surface area contributed by atoms with E-state index in [1.807, 2.05) is 30.5 Å². The molecule has 0 aliphatic carbocycles. The molecular formula is C17H17N3. The second-order valence-electron chi connectivity index (χ2n) is 5.09. The predicted molar refractivity (Wildman–Crippen MR) is 83.3 cm³/mol. The number of nitrogens with two attached hydrogens (primary N) is 1. The molecule has 1 heterocycles. The van der Waals surface area contributed by atoms with E-state index < -0.39 is 0 Å². The SMILES string of the molecule is Cc1ccc(C)c(-c2cnc(-c3cccc(N)c3)[nH]2)c1. The van der Waals surface area contributed by atoms with Crippen LogP contribution in [0.2, 0.25) is 0 Å². The van der Waals surface area contributed by atoms with E-state index in [4.69, 9.17) is 5.73 Å². The Morgan fingerprint density at radius 3 is 2.70 bits per heavy atom. The number of hydrogen-bond acceptors (Lipinski definition) is 2. The largest absolute Gasteiger partial charge is 0.399 e. The number of aromatic amines is 1. The highest BCUT2D eigenvalue weighted by Crippen LogP contribution is 2.26. The van der Waals surface area contributed by atoms with E-state index in [1.165, 1.54) is 16.7 Å². The number of aryl methyl sites for hydroxylation is 2. The van der Waals surface area contributed by atoms with E-state index in [1.54, 1.807) is 0 Å². The van der Waals surface area contributed by atoms with Gasteiger partial charge in [-0.2, -0.15) is 0 Å². The van der Waals surface area contributed by atoms with Crippen molar-refractivity contribution in [1.29, 1.82) is 0 Å². The molecule has 0 saturated carbocycles. The molecule has 0 radical (unpaired) electrons. The number of benzene rings is 2. The highest BCUT2D eigenvalue weighted by molar-refractivity contribution is 5.68. The molecular weight excluding hydrogens is 246 g/mol. The molecule has 0 bridgehead atoms. The summed E-state index contributed by atoms with van der Waals surface area (Å²) in [7, 11) is 0. The number of nitrogens with one attached hydrogen (secondary N) is 1. The predicted octanol–water partition coefficient (Wildman–Crippen LogP) is 3.94. The number of hydrogen-bond donors (Lipinski definition) is 2. The smallest absolute Gasteiger partial charge is 0.137 e. The zero-order valence-corrected chi connectivity index (χ0v) is 11.6. The maximum atomic E-state index is 5.82. The van der Waals surface area contributed by atoms with E-state index in [9.17, 15) is 0 Å². The van der Waals surface area contributed by atoms with Crippen molar-refractivity contribution in [3.8, 4) is 22.6 Å². The van der Waals surface area contributed by atoms with Crippen LogP contribution in [0.1, 0.15) is 11.1 Å². The highest BCUT2D eigenvalue weighted by atomic mass is 14.9. The fraction of sp³-hybridized carbons (Fsp3) is 0.118. The van der Waals surface area contributed by atoms with Crippen LogP contribution in [-0.4, -0.2) is 9.97 Å². The van der Waals surface area contributed by atoms with Crippen molar-refractivity contribution in [1.82, 2.24) is 9.97 Å². The van der Waals surface area contributed by atoms with Gasteiger partial charge in [0.15, 0.2) is 0 Å². The zero-order chi connectivity index (χ0) is 14.1. The molecule has 0 amide bonds. The lowest BCUT2D eigenvalue weighted by atomic mass is 10.0. The van der Waals surface area contributed by atoms with Gasteiger partial charge in [0.25, 0.3) is 0 Å². The van der Waals surface area contributed by atoms with Crippen molar-refractivity contribution in [2.45, 2.75) is 13.8 Å². The Labute approximate surface area is 118 Å². The fourth-order valence-electron chi connectivity index (χ4n) is 2.32. The first-order valence-electron chi connectivity index (χ1n) is 6.62. The summed E-state index contributed by atoms with van der Waals surface area (Å²) < 4.78 is 0. The maximum Gasteiger partial charge on any atom is 0.137 e. The third-order valence-corrected chi connectivity index (χ3v) is 3.42. The molecule has 0 aliphatic heterocycles. The Balaban J connectivity index is 2.04. The van der Waals surface area contributed by atoms with Crippen LogP contribution in [0.15, 0.2) is 48.7 Å². The van der Waals surface area contributed by atoms with E-state index in [2.05, 4.69) is 42.0 Å². The first-order valence-corrected chi connectivity index (χ1v) is 6.62. The van der Waals surface area contributed by atoms with Crippen molar-refractivity contribution < 1.29 is 0 Å². The number of imidazole rings is 1. The monoisotopic (exact) mass is 263 g/mol. The van der Waals surface area contributed by atoms with Crippen molar-refractivity contribution in [3.05, 3.63) is 59.8 Å². The summed E-state index contributed by atoms with van der Waals surface area (Å²) in [6.07, 6.45) is 1.88. The molecule has 2 aromatic carbocycles. The summed E-state index contributed by atoms with van der Waals surface area (Å²) in [5.41, 5.74) is 12.3. The quantitative estimate of drug-likeness (QED) is 0.688. The van der Waals surface area contributed by atoms with Gasteiger partial charge in [-0.05, 0) is 37.6 Å². The lowest BCUT2D eigenvalue weighted by molar-refractivity contribution is 1.30. The minimum Gasteiger partial charge on any atom is -0.399 e. The Bertz CT molecular complexity index is 756. The van der Waals surface area contributed by atoms with E-state index in [0.717, 1.165) is 22.8 Å². The van der Waals surface area contributed by atoms with Crippen molar-refractivity contribution >= 4 is 5.69 Å². The molecule has 3 heteroatoms. The molecule has 0 saturated heterocycles. The van der Waals surface area contributed by atoms with Gasteiger partial charge in [-0.15, -0.1) is 0 Å². The van der Waals surface area contributed by atoms with Gasteiger partial charge >= 0.3 is 0 Å². The molecule has 0 unspecified atom stereocenters. The molecule has 0 aliphatic rings. The molecule has 1 aromatic heterocycles. The Morgan fingerprint density at radius 1 is 1.05 bits per heavy atom. The molecule has 20 heavy (non-hydrogen) atoms. The van der Waals surface area contributed by atoms with Crippen LogP contribution in [0.5, 0.6) is 0 Å². The van der Waals surface area contributed by atoms with E-state index in [0.29, 0.717) is 0 Å². The third-order valence-electron chi connectivity index (χ3n) is 3.42. The standard InChI is InChI=1S/C17H17N3/c1-11-6-7-12(2)15(8-11)16-10-19-17(20-16)13-4-3-5-14(18)9-13/h3-10H,18H2,1-2H3,(H,19,20).